The molecule has 2 amide bonds. The summed E-state index contributed by atoms with van der Waals surface area (Å²) in [5, 5.41) is 3.36. The average molecular weight is 390 g/mol. The number of amides is 2. The fraction of sp³-hybridized carbons (Fsp3) is 0.333. The van der Waals surface area contributed by atoms with Gasteiger partial charge in [-0.1, -0.05) is 11.6 Å². The predicted molar refractivity (Wildman–Crippen MR) is 103 cm³/mol. The van der Waals surface area contributed by atoms with Gasteiger partial charge >= 0.3 is 0 Å². The van der Waals surface area contributed by atoms with Gasteiger partial charge in [-0.15, -0.1) is 0 Å². The predicted octanol–water partition coefficient (Wildman–Crippen LogP) is 1.98. The number of nitrogens with one attached hydrogen (secondary N) is 1. The second-order valence-corrected chi connectivity index (χ2v) is 6.56. The SMILES string of the molecule is COc1cc(Cl)c(C)cc1NC(=O)c1cnc(N2CCN(C=O)CC2)nc1. The molecule has 0 spiro atoms. The maximum Gasteiger partial charge on any atom is 0.258 e. The van der Waals surface area contributed by atoms with Gasteiger partial charge < -0.3 is 19.9 Å². The highest BCUT2D eigenvalue weighted by Crippen LogP contribution is 2.31. The summed E-state index contributed by atoms with van der Waals surface area (Å²) < 4.78 is 5.27. The van der Waals surface area contributed by atoms with Gasteiger partial charge in [-0.05, 0) is 18.6 Å². The van der Waals surface area contributed by atoms with E-state index in [0.29, 0.717) is 54.2 Å². The Morgan fingerprint density at radius 2 is 1.89 bits per heavy atom. The second kappa shape index (κ2) is 8.22. The van der Waals surface area contributed by atoms with Crippen molar-refractivity contribution in [3.05, 3.63) is 40.7 Å². The largest absolute Gasteiger partial charge is 0.495 e. The number of halogens is 1. The van der Waals surface area contributed by atoms with E-state index >= 15 is 0 Å². The van der Waals surface area contributed by atoms with Crippen molar-refractivity contribution in [2.24, 2.45) is 0 Å². The van der Waals surface area contributed by atoms with Gasteiger partial charge in [-0.3, -0.25) is 9.59 Å². The normalized spacial score (nSPS) is 14.0. The molecule has 1 saturated heterocycles. The molecule has 9 heteroatoms. The van der Waals surface area contributed by atoms with E-state index in [1.165, 1.54) is 19.5 Å². The molecule has 0 bridgehead atoms. The number of aromatic nitrogens is 2. The number of benzene rings is 1. The summed E-state index contributed by atoms with van der Waals surface area (Å²) in [7, 11) is 1.51. The molecular weight excluding hydrogens is 370 g/mol. The Hall–Kier alpha value is -2.87. The summed E-state index contributed by atoms with van der Waals surface area (Å²) in [6, 6.07) is 3.41. The molecule has 1 aromatic carbocycles. The lowest BCUT2D eigenvalue weighted by atomic mass is 10.2. The van der Waals surface area contributed by atoms with Crippen LogP contribution in [0.15, 0.2) is 24.5 Å². The van der Waals surface area contributed by atoms with Crippen molar-refractivity contribution in [1.29, 1.82) is 0 Å². The van der Waals surface area contributed by atoms with Crippen molar-refractivity contribution in [1.82, 2.24) is 14.9 Å². The van der Waals surface area contributed by atoms with E-state index in [0.717, 1.165) is 12.0 Å². The Kier molecular flexibility index (Phi) is 5.75. The van der Waals surface area contributed by atoms with Gasteiger partial charge in [0.15, 0.2) is 0 Å². The van der Waals surface area contributed by atoms with Crippen LogP contribution in [0.3, 0.4) is 0 Å². The number of ether oxygens (including phenoxy) is 1. The molecule has 0 aliphatic carbocycles. The summed E-state index contributed by atoms with van der Waals surface area (Å²) in [6.45, 7) is 4.42. The Morgan fingerprint density at radius 1 is 1.22 bits per heavy atom. The monoisotopic (exact) mass is 389 g/mol. The van der Waals surface area contributed by atoms with E-state index in [1.807, 2.05) is 11.8 Å². The van der Waals surface area contributed by atoms with E-state index < -0.39 is 0 Å². The van der Waals surface area contributed by atoms with Gasteiger partial charge in [0, 0.05) is 49.7 Å². The summed E-state index contributed by atoms with van der Waals surface area (Å²) >= 11 is 6.09. The highest BCUT2D eigenvalue weighted by atomic mass is 35.5. The first-order valence-electron chi connectivity index (χ1n) is 8.43. The number of hydrogen-bond donors (Lipinski definition) is 1. The number of rotatable bonds is 5. The molecule has 142 valence electrons. The maximum absolute atomic E-state index is 12.5. The Labute approximate surface area is 162 Å². The quantitative estimate of drug-likeness (QED) is 0.787. The number of carbonyl (C=O) groups is 2. The molecule has 2 aromatic rings. The molecule has 0 unspecified atom stereocenters. The van der Waals surface area contributed by atoms with Gasteiger partial charge in [0.2, 0.25) is 12.4 Å². The molecule has 1 aromatic heterocycles. The number of hydrogen-bond acceptors (Lipinski definition) is 6. The summed E-state index contributed by atoms with van der Waals surface area (Å²) in [5.41, 5.74) is 1.69. The number of anilines is 2. The summed E-state index contributed by atoms with van der Waals surface area (Å²) in [4.78, 5) is 35.5. The third kappa shape index (κ3) is 4.28. The van der Waals surface area contributed by atoms with Crippen molar-refractivity contribution >= 4 is 35.6 Å². The number of carbonyl (C=O) groups excluding carboxylic acids is 2. The number of aryl methyl sites for hydroxylation is 1. The minimum atomic E-state index is -0.340. The van der Waals surface area contributed by atoms with Gasteiger partial charge in [0.25, 0.3) is 5.91 Å². The van der Waals surface area contributed by atoms with Crippen molar-refractivity contribution in [3.63, 3.8) is 0 Å². The first kappa shape index (κ1) is 18.9. The molecule has 1 aliphatic heterocycles. The van der Waals surface area contributed by atoms with Crippen LogP contribution in [0.25, 0.3) is 0 Å². The van der Waals surface area contributed by atoms with Crippen molar-refractivity contribution in [2.45, 2.75) is 6.92 Å². The van der Waals surface area contributed by atoms with E-state index in [2.05, 4.69) is 15.3 Å². The van der Waals surface area contributed by atoms with Crippen LogP contribution in [-0.2, 0) is 4.79 Å². The fourth-order valence-corrected chi connectivity index (χ4v) is 2.91. The Bertz CT molecular complexity index is 836. The lowest BCUT2D eigenvalue weighted by molar-refractivity contribution is -0.118. The highest BCUT2D eigenvalue weighted by Gasteiger charge is 2.18. The number of nitrogens with zero attached hydrogens (tertiary/aromatic N) is 4. The molecule has 3 rings (SSSR count). The van der Waals surface area contributed by atoms with Crippen LogP contribution in [0.5, 0.6) is 5.75 Å². The molecule has 27 heavy (non-hydrogen) atoms. The zero-order valence-electron chi connectivity index (χ0n) is 15.1. The molecule has 2 heterocycles. The van der Waals surface area contributed by atoms with Gasteiger partial charge in [0.1, 0.15) is 5.75 Å². The van der Waals surface area contributed by atoms with Crippen molar-refractivity contribution in [2.75, 3.05) is 43.5 Å². The standard InChI is InChI=1S/C18H20ClN5O3/c1-12-7-15(16(27-2)8-14(12)19)22-17(26)13-9-20-18(21-10-13)24-5-3-23(11-25)4-6-24/h7-11H,3-6H2,1-2H3,(H,22,26). The minimum absolute atomic E-state index is 0.333. The lowest BCUT2D eigenvalue weighted by Crippen LogP contribution is -2.46. The number of piperazine rings is 1. The lowest BCUT2D eigenvalue weighted by Gasteiger charge is -2.32. The third-order valence-corrected chi connectivity index (χ3v) is 4.78. The van der Waals surface area contributed by atoms with E-state index in [9.17, 15) is 9.59 Å². The molecule has 8 nitrogen and oxygen atoms in total. The Morgan fingerprint density at radius 3 is 2.48 bits per heavy atom. The van der Waals surface area contributed by atoms with Gasteiger partial charge in [-0.2, -0.15) is 0 Å². The molecule has 0 radical (unpaired) electrons. The first-order chi connectivity index (χ1) is 13.0. The van der Waals surface area contributed by atoms with E-state index in [4.69, 9.17) is 16.3 Å². The topological polar surface area (TPSA) is 87.7 Å². The van der Waals surface area contributed by atoms with Crippen LogP contribution in [-0.4, -0.2) is 60.5 Å². The average Bonchev–Trinajstić information content (AvgIpc) is 2.70. The summed E-state index contributed by atoms with van der Waals surface area (Å²) in [5.74, 6) is 0.675. The third-order valence-electron chi connectivity index (χ3n) is 4.38. The molecule has 0 atom stereocenters. The van der Waals surface area contributed by atoms with Crippen LogP contribution in [0.1, 0.15) is 15.9 Å². The van der Waals surface area contributed by atoms with Crippen LogP contribution in [0, 0.1) is 6.92 Å². The highest BCUT2D eigenvalue weighted by molar-refractivity contribution is 6.31. The molecular formula is C18H20ClN5O3. The van der Waals surface area contributed by atoms with Gasteiger partial charge in [-0.25, -0.2) is 9.97 Å². The van der Waals surface area contributed by atoms with Crippen LogP contribution in [0.4, 0.5) is 11.6 Å². The second-order valence-electron chi connectivity index (χ2n) is 6.16. The first-order valence-corrected chi connectivity index (χ1v) is 8.81. The van der Waals surface area contributed by atoms with Crippen LogP contribution in [0.2, 0.25) is 5.02 Å². The van der Waals surface area contributed by atoms with Crippen LogP contribution < -0.4 is 15.0 Å². The zero-order chi connectivity index (χ0) is 19.4. The summed E-state index contributed by atoms with van der Waals surface area (Å²) in [6.07, 6.45) is 3.82. The molecule has 1 fully saturated rings. The molecule has 1 aliphatic rings. The fourth-order valence-electron chi connectivity index (χ4n) is 2.75. The van der Waals surface area contributed by atoms with E-state index in [-0.39, 0.29) is 5.91 Å². The minimum Gasteiger partial charge on any atom is -0.495 e. The smallest absolute Gasteiger partial charge is 0.258 e. The van der Waals surface area contributed by atoms with Gasteiger partial charge in [0.05, 0.1) is 18.4 Å². The van der Waals surface area contributed by atoms with E-state index in [1.54, 1.807) is 17.0 Å². The van der Waals surface area contributed by atoms with Crippen molar-refractivity contribution < 1.29 is 14.3 Å². The zero-order valence-corrected chi connectivity index (χ0v) is 15.9. The maximum atomic E-state index is 12.5. The molecule has 1 N–H and O–H groups in total. The molecule has 0 saturated carbocycles. The number of methoxy groups -OCH3 is 1. The Balaban J connectivity index is 1.70. The van der Waals surface area contributed by atoms with Crippen LogP contribution >= 0.6 is 11.6 Å². The van der Waals surface area contributed by atoms with Crippen molar-refractivity contribution in [3.8, 4) is 5.75 Å².